The van der Waals surface area contributed by atoms with Gasteiger partial charge in [-0.3, -0.25) is 9.69 Å². The number of ether oxygens (including phenoxy) is 1. The summed E-state index contributed by atoms with van der Waals surface area (Å²) in [4.78, 5) is 34.7. The van der Waals surface area contributed by atoms with Gasteiger partial charge in [0, 0.05) is 31.6 Å². The normalized spacial score (nSPS) is 16.5. The molecule has 50 heavy (non-hydrogen) atoms. The summed E-state index contributed by atoms with van der Waals surface area (Å²) in [7, 11) is 0. The van der Waals surface area contributed by atoms with Crippen molar-refractivity contribution in [1.29, 1.82) is 0 Å². The summed E-state index contributed by atoms with van der Waals surface area (Å²) in [5, 5.41) is 11.8. The molecule has 0 saturated heterocycles. The van der Waals surface area contributed by atoms with Gasteiger partial charge in [0.2, 0.25) is 0 Å². The van der Waals surface area contributed by atoms with E-state index in [0.717, 1.165) is 24.5 Å². The van der Waals surface area contributed by atoms with Crippen molar-refractivity contribution in [3.8, 4) is 0 Å². The van der Waals surface area contributed by atoms with E-state index >= 15 is 0 Å². The van der Waals surface area contributed by atoms with Gasteiger partial charge < -0.3 is 20.1 Å². The third-order valence-corrected chi connectivity index (χ3v) is 7.97. The second kappa shape index (κ2) is 15.0. The molecule has 272 valence electrons. The van der Waals surface area contributed by atoms with Gasteiger partial charge in [0.1, 0.15) is 18.0 Å². The van der Waals surface area contributed by atoms with Crippen LogP contribution in [0.4, 0.5) is 61.6 Å². The summed E-state index contributed by atoms with van der Waals surface area (Å²) in [5.41, 5.74) is -4.86. The van der Waals surface area contributed by atoms with Gasteiger partial charge in [-0.2, -0.15) is 39.5 Å². The zero-order chi connectivity index (χ0) is 37.0. The first kappa shape index (κ1) is 38.0. The van der Waals surface area contributed by atoms with Crippen LogP contribution in [0, 0.1) is 0 Å². The number of carboxylic acid groups (broad SMARTS) is 1. The van der Waals surface area contributed by atoms with Crippen molar-refractivity contribution in [2.45, 2.75) is 76.7 Å². The highest BCUT2D eigenvalue weighted by molar-refractivity contribution is 5.90. The maximum Gasteiger partial charge on any atom is 0.416 e. The second-order valence-electron chi connectivity index (χ2n) is 11.4. The number of benzene rings is 2. The molecule has 0 aliphatic carbocycles. The van der Waals surface area contributed by atoms with Crippen LogP contribution in [0.5, 0.6) is 0 Å². The number of alkyl halides is 9. The fraction of sp³-hybridized carbons (Fsp3) is 0.438. The molecule has 9 nitrogen and oxygen atoms in total. The van der Waals surface area contributed by atoms with Crippen molar-refractivity contribution in [1.82, 2.24) is 9.97 Å². The lowest BCUT2D eigenvalue weighted by Gasteiger charge is -2.44. The van der Waals surface area contributed by atoms with E-state index in [0.29, 0.717) is 12.1 Å². The van der Waals surface area contributed by atoms with Gasteiger partial charge in [0.15, 0.2) is 0 Å². The number of carbonyl (C=O) groups is 2. The zero-order valence-electron chi connectivity index (χ0n) is 26.6. The molecule has 4 rings (SSSR count). The molecule has 2 atom stereocenters. The minimum absolute atomic E-state index is 0.00523. The number of anilines is 3. The van der Waals surface area contributed by atoms with Crippen molar-refractivity contribution in [2.75, 3.05) is 28.3 Å². The fourth-order valence-electron chi connectivity index (χ4n) is 5.70. The molecule has 0 unspecified atom stereocenters. The van der Waals surface area contributed by atoms with Gasteiger partial charge in [0.25, 0.3) is 0 Å². The number of aliphatic carboxylic acids is 1. The predicted molar refractivity (Wildman–Crippen MR) is 162 cm³/mol. The van der Waals surface area contributed by atoms with E-state index < -0.39 is 71.5 Å². The first-order valence-electron chi connectivity index (χ1n) is 15.3. The minimum atomic E-state index is -5.17. The average Bonchev–Trinajstić information content (AvgIpc) is 3.03. The molecule has 0 spiro atoms. The predicted octanol–water partition coefficient (Wildman–Crippen LogP) is 8.70. The van der Waals surface area contributed by atoms with Gasteiger partial charge >= 0.3 is 30.6 Å². The van der Waals surface area contributed by atoms with Crippen LogP contribution in [0.3, 0.4) is 0 Å². The van der Waals surface area contributed by atoms with E-state index in [9.17, 15) is 49.1 Å². The Hall–Kier alpha value is -4.77. The van der Waals surface area contributed by atoms with Crippen molar-refractivity contribution >= 4 is 29.4 Å². The number of halogens is 9. The molecule has 1 aliphatic rings. The third kappa shape index (κ3) is 9.06. The summed E-state index contributed by atoms with van der Waals surface area (Å²) in [5.74, 6) is -1.04. The largest absolute Gasteiger partial charge is 0.481 e. The number of carboxylic acids is 1. The number of amides is 1. The number of nitrogens with zero attached hydrogens (tertiary/aromatic N) is 4. The minimum Gasteiger partial charge on any atom is -0.481 e. The SMILES string of the molecule is CCOC(=O)N1c2ccc(C(F)(F)F)cc2[C@@H](N(Cc2cc(C(F)(F)F)cc(C(F)(F)F)c2)c2cc(NCCCC(=O)O)ncn2)C[C@H]1CC. The summed E-state index contributed by atoms with van der Waals surface area (Å²) >= 11 is 0. The number of aromatic nitrogens is 2. The molecule has 2 heterocycles. The van der Waals surface area contributed by atoms with Crippen LogP contribution in [-0.4, -0.2) is 46.3 Å². The number of hydrogen-bond donors (Lipinski definition) is 2. The van der Waals surface area contributed by atoms with E-state index in [-0.39, 0.29) is 67.8 Å². The molecule has 0 radical (unpaired) electrons. The smallest absolute Gasteiger partial charge is 0.416 e. The molecule has 0 fully saturated rings. The Kier molecular flexibility index (Phi) is 11.4. The lowest BCUT2D eigenvalue weighted by atomic mass is 9.87. The standard InChI is InChI=1S/C32H32F9N5O4/c1-3-22-14-25(23-13-19(30(33,34)35)7-8-24(23)46(22)29(49)50-4-2)45(27-15-26(43-17-44-27)42-9-5-6-28(47)48)16-18-10-20(31(36,37)38)12-21(11-18)32(39,40)41/h7-8,10-13,15,17,22,25H,3-6,9,14,16H2,1-2H3,(H,47,48)(H,42,43,44)/t22-,25+/m1/s1. The average molecular weight is 722 g/mol. The molecular weight excluding hydrogens is 689 g/mol. The number of hydrogen-bond acceptors (Lipinski definition) is 7. The van der Waals surface area contributed by atoms with E-state index in [2.05, 4.69) is 15.3 Å². The van der Waals surface area contributed by atoms with Crippen LogP contribution in [0.1, 0.15) is 73.4 Å². The van der Waals surface area contributed by atoms with Crippen LogP contribution >= 0.6 is 0 Å². The Morgan fingerprint density at radius 3 is 2.12 bits per heavy atom. The monoisotopic (exact) mass is 721 g/mol. The molecule has 1 amide bonds. The molecule has 1 aliphatic heterocycles. The highest BCUT2D eigenvalue weighted by Crippen LogP contribution is 2.46. The highest BCUT2D eigenvalue weighted by atomic mass is 19.4. The van der Waals surface area contributed by atoms with Crippen LogP contribution in [-0.2, 0) is 34.6 Å². The van der Waals surface area contributed by atoms with Crippen LogP contribution < -0.4 is 15.1 Å². The Labute approximate surface area is 280 Å². The molecule has 0 bridgehead atoms. The Bertz CT molecular complexity index is 1650. The second-order valence-corrected chi connectivity index (χ2v) is 11.4. The van der Waals surface area contributed by atoms with Crippen molar-refractivity contribution in [3.05, 3.63) is 76.6 Å². The number of fused-ring (bicyclic) bond motifs is 1. The summed E-state index contributed by atoms with van der Waals surface area (Å²) in [6.07, 6.45) is -14.9. The van der Waals surface area contributed by atoms with Crippen LogP contribution in [0.25, 0.3) is 0 Å². The maximum absolute atomic E-state index is 14.0. The lowest BCUT2D eigenvalue weighted by molar-refractivity contribution is -0.143. The van der Waals surface area contributed by atoms with Crippen LogP contribution in [0.15, 0.2) is 48.8 Å². The van der Waals surface area contributed by atoms with Crippen molar-refractivity contribution in [2.24, 2.45) is 0 Å². The van der Waals surface area contributed by atoms with Gasteiger partial charge in [-0.15, -0.1) is 0 Å². The van der Waals surface area contributed by atoms with E-state index in [4.69, 9.17) is 9.84 Å². The topological polar surface area (TPSA) is 108 Å². The molecule has 0 saturated carbocycles. The fourth-order valence-corrected chi connectivity index (χ4v) is 5.70. The Balaban J connectivity index is 1.94. The van der Waals surface area contributed by atoms with Gasteiger partial charge in [0.05, 0.1) is 35.0 Å². The third-order valence-electron chi connectivity index (χ3n) is 7.97. The molecule has 18 heteroatoms. The van der Waals surface area contributed by atoms with Crippen molar-refractivity contribution < 1.29 is 58.9 Å². The van der Waals surface area contributed by atoms with Crippen molar-refractivity contribution in [3.63, 3.8) is 0 Å². The molecule has 2 aromatic carbocycles. The van der Waals surface area contributed by atoms with Crippen LogP contribution in [0.2, 0.25) is 0 Å². The summed E-state index contributed by atoms with van der Waals surface area (Å²) in [6.45, 7) is 2.59. The maximum atomic E-state index is 14.0. The molecule has 1 aromatic heterocycles. The molecule has 2 N–H and O–H groups in total. The Morgan fingerprint density at radius 1 is 0.920 bits per heavy atom. The van der Waals surface area contributed by atoms with Gasteiger partial charge in [-0.25, -0.2) is 14.8 Å². The molecule has 3 aromatic rings. The van der Waals surface area contributed by atoms with E-state index in [1.54, 1.807) is 6.92 Å². The van der Waals surface area contributed by atoms with Gasteiger partial charge in [-0.05, 0) is 73.7 Å². The van der Waals surface area contributed by atoms with E-state index in [1.807, 2.05) is 0 Å². The Morgan fingerprint density at radius 2 is 1.56 bits per heavy atom. The summed E-state index contributed by atoms with van der Waals surface area (Å²) in [6, 6.07) is 3.01. The number of carbonyl (C=O) groups excluding carboxylic acids is 1. The van der Waals surface area contributed by atoms with Gasteiger partial charge in [-0.1, -0.05) is 6.92 Å². The zero-order valence-corrected chi connectivity index (χ0v) is 26.6. The van der Waals surface area contributed by atoms with E-state index in [1.165, 1.54) is 22.8 Å². The number of nitrogens with one attached hydrogen (secondary N) is 1. The first-order valence-corrected chi connectivity index (χ1v) is 15.3. The quantitative estimate of drug-likeness (QED) is 0.150. The lowest BCUT2D eigenvalue weighted by Crippen LogP contribution is -2.48. The summed E-state index contributed by atoms with van der Waals surface area (Å²) < 4.78 is 130. The highest BCUT2D eigenvalue weighted by Gasteiger charge is 2.42. The molecular formula is C32H32F9N5O4. The first-order chi connectivity index (χ1) is 23.3. The number of rotatable bonds is 11.